The lowest BCUT2D eigenvalue weighted by atomic mass is 9.38. The van der Waals surface area contributed by atoms with Crippen LogP contribution in [0.15, 0.2) is 0 Å². The van der Waals surface area contributed by atoms with Crippen LogP contribution in [0.3, 0.4) is 0 Å². The Balaban J connectivity index is 2.49. The second-order valence-corrected chi connectivity index (χ2v) is 6.76. The van der Waals surface area contributed by atoms with Crippen LogP contribution in [0.25, 0.3) is 0 Å². The third-order valence-corrected chi connectivity index (χ3v) is 4.27. The van der Waals surface area contributed by atoms with E-state index in [2.05, 4.69) is 34.6 Å². The van der Waals surface area contributed by atoms with Crippen molar-refractivity contribution in [1.82, 2.24) is 0 Å². The summed E-state index contributed by atoms with van der Waals surface area (Å²) in [6.45, 7) is 10.9. The summed E-state index contributed by atoms with van der Waals surface area (Å²) in [6.07, 6.45) is 3.92. The van der Waals surface area contributed by atoms with Crippen LogP contribution in [0, 0.1) is 23.2 Å². The van der Waals surface area contributed by atoms with E-state index >= 15 is 0 Å². The quantitative estimate of drug-likeness (QED) is 0.613. The average Bonchev–Trinajstić information content (AvgIpc) is 1.99. The van der Waals surface area contributed by atoms with Gasteiger partial charge in [-0.2, -0.15) is 0 Å². The smallest absolute Gasteiger partial charge is 0.0631 e. The maximum Gasteiger partial charge on any atom is 0.0631 e. The van der Waals surface area contributed by atoms with E-state index in [1.807, 2.05) is 0 Å². The Morgan fingerprint density at radius 3 is 2.00 bits per heavy atom. The highest BCUT2D eigenvalue weighted by Crippen LogP contribution is 2.50. The van der Waals surface area contributed by atoms with E-state index in [1.165, 1.54) is 19.3 Å². The molecule has 0 saturated heterocycles. The summed E-state index contributed by atoms with van der Waals surface area (Å²) in [4.78, 5) is 0. The predicted octanol–water partition coefficient (Wildman–Crippen LogP) is 3.56. The minimum Gasteiger partial charge on any atom is -0.0919 e. The maximum atomic E-state index is 6.28. The minimum absolute atomic E-state index is 0.0260. The van der Waals surface area contributed by atoms with Gasteiger partial charge in [-0.1, -0.05) is 45.8 Å². The van der Waals surface area contributed by atoms with Gasteiger partial charge in [0.05, 0.1) is 15.7 Å². The van der Waals surface area contributed by atoms with Gasteiger partial charge in [0, 0.05) is 0 Å². The predicted molar refractivity (Wildman–Crippen MR) is 69.3 cm³/mol. The molecule has 15 heavy (non-hydrogen) atoms. The molecule has 0 aromatic carbocycles. The van der Waals surface area contributed by atoms with Gasteiger partial charge in [-0.3, -0.25) is 0 Å². The molecule has 1 atom stereocenters. The fraction of sp³-hybridized carbons (Fsp3) is 1.00. The molecule has 0 bridgehead atoms. The van der Waals surface area contributed by atoms with E-state index in [-0.39, 0.29) is 5.41 Å². The molecule has 0 spiro atoms. The first-order valence-electron chi connectivity index (χ1n) is 6.22. The summed E-state index contributed by atoms with van der Waals surface area (Å²) in [5.41, 5.74) is -0.0260. The van der Waals surface area contributed by atoms with E-state index in [1.54, 1.807) is 0 Å². The third kappa shape index (κ3) is 2.82. The molecule has 4 radical (unpaired) electrons. The molecule has 2 heteroatoms. The zero-order valence-corrected chi connectivity index (χ0v) is 11.0. The molecule has 1 saturated carbocycles. The standard InChI is InChI=1S/C13H24B2/c1-9-6-11(7-9)8-10(2)13(14,15)12(3,4)5/h9-11H,6-8H2,1-5H3. The summed E-state index contributed by atoms with van der Waals surface area (Å²) in [5.74, 6) is 2.18. The van der Waals surface area contributed by atoms with Gasteiger partial charge in [0.15, 0.2) is 0 Å². The maximum absolute atomic E-state index is 6.28. The van der Waals surface area contributed by atoms with Crippen LogP contribution in [-0.4, -0.2) is 15.7 Å². The Kier molecular flexibility index (Phi) is 3.68. The highest BCUT2D eigenvalue weighted by Gasteiger charge is 2.38. The van der Waals surface area contributed by atoms with Crippen molar-refractivity contribution < 1.29 is 0 Å². The topological polar surface area (TPSA) is 0 Å². The Morgan fingerprint density at radius 1 is 1.20 bits per heavy atom. The lowest BCUT2D eigenvalue weighted by Crippen LogP contribution is -2.37. The van der Waals surface area contributed by atoms with Crippen LogP contribution in [0.5, 0.6) is 0 Å². The lowest BCUT2D eigenvalue weighted by molar-refractivity contribution is 0.149. The van der Waals surface area contributed by atoms with E-state index in [0.29, 0.717) is 5.92 Å². The van der Waals surface area contributed by atoms with Crippen LogP contribution >= 0.6 is 0 Å². The first-order valence-corrected chi connectivity index (χ1v) is 6.22. The van der Waals surface area contributed by atoms with Crippen LogP contribution < -0.4 is 0 Å². The normalized spacial score (nSPS) is 29.7. The van der Waals surface area contributed by atoms with Gasteiger partial charge in [-0.25, -0.2) is 0 Å². The van der Waals surface area contributed by atoms with Crippen molar-refractivity contribution >= 4 is 15.7 Å². The largest absolute Gasteiger partial charge is 0.0919 e. The number of hydrogen-bond donors (Lipinski definition) is 0. The number of rotatable bonds is 3. The highest BCUT2D eigenvalue weighted by atomic mass is 14.4. The Hall–Kier alpha value is 0.130. The Labute approximate surface area is 98.4 Å². The third-order valence-electron chi connectivity index (χ3n) is 4.27. The fourth-order valence-electron chi connectivity index (χ4n) is 2.70. The highest BCUT2D eigenvalue weighted by molar-refractivity contribution is 6.40. The molecular weight excluding hydrogens is 178 g/mol. The van der Waals surface area contributed by atoms with Crippen molar-refractivity contribution in [3.63, 3.8) is 0 Å². The van der Waals surface area contributed by atoms with Crippen LogP contribution in [-0.2, 0) is 0 Å². The molecule has 1 fully saturated rings. The second kappa shape index (κ2) is 4.18. The molecule has 0 aliphatic heterocycles. The molecular formula is C13H24B2. The molecule has 0 aromatic rings. The zero-order chi connectivity index (χ0) is 11.9. The molecule has 82 valence electrons. The molecule has 1 aliphatic carbocycles. The summed E-state index contributed by atoms with van der Waals surface area (Å²) in [6, 6.07) is 0. The van der Waals surface area contributed by atoms with E-state index in [0.717, 1.165) is 11.8 Å². The molecule has 1 aliphatic rings. The van der Waals surface area contributed by atoms with Gasteiger partial charge in [0.25, 0.3) is 0 Å². The molecule has 0 N–H and O–H groups in total. The Bertz CT molecular complexity index is 209. The van der Waals surface area contributed by atoms with Crippen molar-refractivity contribution in [3.05, 3.63) is 0 Å². The molecule has 0 heterocycles. The van der Waals surface area contributed by atoms with Gasteiger partial charge in [-0.15, -0.1) is 0 Å². The van der Waals surface area contributed by atoms with Crippen molar-refractivity contribution in [2.24, 2.45) is 23.2 Å². The first kappa shape index (κ1) is 13.2. The monoisotopic (exact) mass is 202 g/mol. The summed E-state index contributed by atoms with van der Waals surface area (Å²) < 4.78 is 0. The van der Waals surface area contributed by atoms with Gasteiger partial charge in [0.1, 0.15) is 0 Å². The zero-order valence-electron chi connectivity index (χ0n) is 11.0. The van der Waals surface area contributed by atoms with Gasteiger partial charge >= 0.3 is 0 Å². The lowest BCUT2D eigenvalue weighted by Gasteiger charge is -2.47. The van der Waals surface area contributed by atoms with E-state index < -0.39 is 5.21 Å². The molecule has 0 aromatic heterocycles. The summed E-state index contributed by atoms with van der Waals surface area (Å²) >= 11 is 0. The van der Waals surface area contributed by atoms with E-state index in [9.17, 15) is 0 Å². The molecule has 1 rings (SSSR count). The van der Waals surface area contributed by atoms with E-state index in [4.69, 9.17) is 15.7 Å². The van der Waals surface area contributed by atoms with Crippen molar-refractivity contribution in [3.8, 4) is 0 Å². The van der Waals surface area contributed by atoms with Gasteiger partial charge in [0.2, 0.25) is 0 Å². The molecule has 0 nitrogen and oxygen atoms in total. The van der Waals surface area contributed by atoms with Crippen LogP contribution in [0.2, 0.25) is 5.21 Å². The number of hydrogen-bond acceptors (Lipinski definition) is 0. The first-order chi connectivity index (χ1) is 6.64. The van der Waals surface area contributed by atoms with Crippen molar-refractivity contribution in [2.75, 3.05) is 0 Å². The summed E-state index contributed by atoms with van der Waals surface area (Å²) in [5, 5.41) is -0.550. The molecule has 1 unspecified atom stereocenters. The van der Waals surface area contributed by atoms with Crippen molar-refractivity contribution in [1.29, 1.82) is 0 Å². The second-order valence-electron chi connectivity index (χ2n) is 6.76. The molecule has 0 amide bonds. The van der Waals surface area contributed by atoms with Crippen LogP contribution in [0.4, 0.5) is 0 Å². The van der Waals surface area contributed by atoms with Gasteiger partial charge in [-0.05, 0) is 36.5 Å². The minimum atomic E-state index is -0.550. The average molecular weight is 202 g/mol. The van der Waals surface area contributed by atoms with Crippen LogP contribution in [0.1, 0.15) is 53.9 Å². The van der Waals surface area contributed by atoms with Gasteiger partial charge < -0.3 is 0 Å². The summed E-state index contributed by atoms with van der Waals surface area (Å²) in [7, 11) is 12.6. The Morgan fingerprint density at radius 2 is 1.67 bits per heavy atom. The van der Waals surface area contributed by atoms with Crippen molar-refractivity contribution in [2.45, 2.75) is 59.1 Å². The SMILES string of the molecule is [B]C([B])(C(C)CC1CC(C)C1)C(C)(C)C. The fourth-order valence-corrected chi connectivity index (χ4v) is 2.70.